The summed E-state index contributed by atoms with van der Waals surface area (Å²) in [6.45, 7) is 6.61. The molecule has 4 aromatic rings. The van der Waals surface area contributed by atoms with Crippen LogP contribution in [-0.4, -0.2) is 45.4 Å². The highest BCUT2D eigenvalue weighted by Crippen LogP contribution is 2.25. The van der Waals surface area contributed by atoms with Crippen molar-refractivity contribution in [1.29, 1.82) is 0 Å². The SMILES string of the molecule is Cc1nc2c3ccccc3nc(Nc3ccc(N4CCOC(C)C4)cc3)n2n1. The largest absolute Gasteiger partial charge is 0.375 e. The van der Waals surface area contributed by atoms with Crippen LogP contribution >= 0.6 is 0 Å². The lowest BCUT2D eigenvalue weighted by Gasteiger charge is -2.33. The number of aryl methyl sites for hydroxylation is 1. The second-order valence-corrected chi connectivity index (χ2v) is 7.15. The summed E-state index contributed by atoms with van der Waals surface area (Å²) >= 11 is 0. The third kappa shape index (κ3) is 3.03. The molecular formula is C21H22N6O. The van der Waals surface area contributed by atoms with Gasteiger partial charge in [0.1, 0.15) is 5.82 Å². The third-order valence-corrected chi connectivity index (χ3v) is 5.01. The monoisotopic (exact) mass is 374 g/mol. The van der Waals surface area contributed by atoms with Crippen molar-refractivity contribution < 1.29 is 4.74 Å². The molecule has 2 aromatic carbocycles. The van der Waals surface area contributed by atoms with Crippen molar-refractivity contribution in [3.05, 3.63) is 54.4 Å². The van der Waals surface area contributed by atoms with Crippen LogP contribution in [0.3, 0.4) is 0 Å². The van der Waals surface area contributed by atoms with Crippen molar-refractivity contribution in [2.75, 3.05) is 29.9 Å². The van der Waals surface area contributed by atoms with Gasteiger partial charge < -0.3 is 15.0 Å². The average molecular weight is 374 g/mol. The van der Waals surface area contributed by atoms with Crippen LogP contribution in [0.5, 0.6) is 0 Å². The second-order valence-electron chi connectivity index (χ2n) is 7.15. The van der Waals surface area contributed by atoms with Gasteiger partial charge in [-0.3, -0.25) is 0 Å². The zero-order valence-corrected chi connectivity index (χ0v) is 16.0. The van der Waals surface area contributed by atoms with E-state index in [4.69, 9.17) is 9.72 Å². The lowest BCUT2D eigenvalue weighted by Crippen LogP contribution is -2.41. The highest BCUT2D eigenvalue weighted by molar-refractivity contribution is 5.92. The van der Waals surface area contributed by atoms with Crippen molar-refractivity contribution in [2.24, 2.45) is 0 Å². The fourth-order valence-electron chi connectivity index (χ4n) is 3.68. The average Bonchev–Trinajstić information content (AvgIpc) is 3.11. The van der Waals surface area contributed by atoms with Crippen LogP contribution in [0.25, 0.3) is 16.6 Å². The molecule has 1 saturated heterocycles. The van der Waals surface area contributed by atoms with Crippen molar-refractivity contribution >= 4 is 33.9 Å². The number of ether oxygens (including phenoxy) is 1. The summed E-state index contributed by atoms with van der Waals surface area (Å²) in [7, 11) is 0. The van der Waals surface area contributed by atoms with E-state index in [-0.39, 0.29) is 6.10 Å². The summed E-state index contributed by atoms with van der Waals surface area (Å²) in [5.74, 6) is 1.38. The Hall–Kier alpha value is -3.19. The van der Waals surface area contributed by atoms with Gasteiger partial charge >= 0.3 is 0 Å². The van der Waals surface area contributed by atoms with E-state index in [0.717, 1.165) is 47.8 Å². The molecule has 1 fully saturated rings. The summed E-state index contributed by atoms with van der Waals surface area (Å²) in [6.07, 6.45) is 0.261. The lowest BCUT2D eigenvalue weighted by molar-refractivity contribution is 0.0532. The van der Waals surface area contributed by atoms with E-state index in [1.54, 1.807) is 4.52 Å². The van der Waals surface area contributed by atoms with Gasteiger partial charge in [0.2, 0.25) is 5.95 Å². The molecule has 7 heteroatoms. The molecule has 2 aromatic heterocycles. The van der Waals surface area contributed by atoms with Gasteiger partial charge in [-0.25, -0.2) is 9.97 Å². The van der Waals surface area contributed by atoms with Crippen LogP contribution in [0.1, 0.15) is 12.7 Å². The number of morpholine rings is 1. The van der Waals surface area contributed by atoms with Crippen LogP contribution in [0.4, 0.5) is 17.3 Å². The van der Waals surface area contributed by atoms with Crippen molar-refractivity contribution in [3.8, 4) is 0 Å². The number of para-hydroxylation sites is 1. The first-order valence-corrected chi connectivity index (χ1v) is 9.53. The molecular weight excluding hydrogens is 352 g/mol. The van der Waals surface area contributed by atoms with E-state index in [9.17, 15) is 0 Å². The molecule has 3 heterocycles. The molecule has 1 N–H and O–H groups in total. The fourth-order valence-corrected chi connectivity index (χ4v) is 3.68. The van der Waals surface area contributed by atoms with E-state index in [1.807, 2.05) is 31.2 Å². The summed E-state index contributed by atoms with van der Waals surface area (Å²) in [5.41, 5.74) is 3.87. The number of anilines is 3. The third-order valence-electron chi connectivity index (χ3n) is 5.01. The summed E-state index contributed by atoms with van der Waals surface area (Å²) in [6, 6.07) is 16.4. The quantitative estimate of drug-likeness (QED) is 0.591. The van der Waals surface area contributed by atoms with E-state index in [0.29, 0.717) is 5.95 Å². The Bertz CT molecular complexity index is 1140. The Morgan fingerprint density at radius 1 is 1.07 bits per heavy atom. The molecule has 0 amide bonds. The summed E-state index contributed by atoms with van der Waals surface area (Å²) < 4.78 is 7.41. The maximum Gasteiger partial charge on any atom is 0.231 e. The molecule has 7 nitrogen and oxygen atoms in total. The molecule has 0 radical (unpaired) electrons. The van der Waals surface area contributed by atoms with Crippen LogP contribution in [0.15, 0.2) is 48.5 Å². The molecule has 0 saturated carbocycles. The minimum Gasteiger partial charge on any atom is -0.375 e. The van der Waals surface area contributed by atoms with Gasteiger partial charge in [0.25, 0.3) is 0 Å². The van der Waals surface area contributed by atoms with E-state index in [2.05, 4.69) is 51.5 Å². The standard InChI is InChI=1S/C21H22N6O/c1-14-13-26(11-12-28-14)17-9-7-16(8-10-17)23-21-24-19-6-4-3-5-18(19)20-22-15(2)25-27(20)21/h3-10,14H,11-13H2,1-2H3,(H,23,24). The van der Waals surface area contributed by atoms with Gasteiger partial charge in [-0.15, -0.1) is 5.10 Å². The minimum atomic E-state index is 0.261. The van der Waals surface area contributed by atoms with Crippen LogP contribution in [-0.2, 0) is 4.74 Å². The molecule has 1 atom stereocenters. The van der Waals surface area contributed by atoms with Crippen molar-refractivity contribution in [1.82, 2.24) is 19.6 Å². The first-order valence-electron chi connectivity index (χ1n) is 9.53. The van der Waals surface area contributed by atoms with Crippen LogP contribution in [0, 0.1) is 6.92 Å². The van der Waals surface area contributed by atoms with Gasteiger partial charge in [0, 0.05) is 29.9 Å². The van der Waals surface area contributed by atoms with Crippen molar-refractivity contribution in [2.45, 2.75) is 20.0 Å². The van der Waals surface area contributed by atoms with Gasteiger partial charge in [0.05, 0.1) is 18.2 Å². The Morgan fingerprint density at radius 2 is 1.89 bits per heavy atom. The molecule has 1 aliphatic heterocycles. The highest BCUT2D eigenvalue weighted by Gasteiger charge is 2.17. The van der Waals surface area contributed by atoms with Gasteiger partial charge in [0.15, 0.2) is 5.65 Å². The van der Waals surface area contributed by atoms with Crippen LogP contribution in [0.2, 0.25) is 0 Å². The topological polar surface area (TPSA) is 67.6 Å². The number of benzene rings is 2. The molecule has 28 heavy (non-hydrogen) atoms. The molecule has 0 spiro atoms. The number of aromatic nitrogens is 4. The highest BCUT2D eigenvalue weighted by atomic mass is 16.5. The first-order chi connectivity index (χ1) is 13.7. The second kappa shape index (κ2) is 6.76. The molecule has 1 unspecified atom stereocenters. The van der Waals surface area contributed by atoms with Crippen molar-refractivity contribution in [3.63, 3.8) is 0 Å². The smallest absolute Gasteiger partial charge is 0.231 e. The molecule has 0 aliphatic carbocycles. The lowest BCUT2D eigenvalue weighted by atomic mass is 10.2. The molecule has 142 valence electrons. The van der Waals surface area contributed by atoms with E-state index < -0.39 is 0 Å². The number of hydrogen-bond acceptors (Lipinski definition) is 6. The van der Waals surface area contributed by atoms with E-state index in [1.165, 1.54) is 5.69 Å². The molecule has 0 bridgehead atoms. The normalized spacial score (nSPS) is 17.4. The van der Waals surface area contributed by atoms with Gasteiger partial charge in [-0.05, 0) is 50.2 Å². The van der Waals surface area contributed by atoms with E-state index >= 15 is 0 Å². The van der Waals surface area contributed by atoms with Crippen LogP contribution < -0.4 is 10.2 Å². The Balaban J connectivity index is 1.47. The first kappa shape index (κ1) is 16.9. The molecule has 5 rings (SSSR count). The summed E-state index contributed by atoms with van der Waals surface area (Å²) in [4.78, 5) is 11.7. The maximum absolute atomic E-state index is 5.63. The maximum atomic E-state index is 5.63. The predicted molar refractivity (Wildman–Crippen MR) is 110 cm³/mol. The fraction of sp³-hybridized carbons (Fsp3) is 0.286. The predicted octanol–water partition coefficient (Wildman–Crippen LogP) is 3.55. The zero-order valence-electron chi connectivity index (χ0n) is 16.0. The molecule has 1 aliphatic rings. The minimum absolute atomic E-state index is 0.261. The number of hydrogen-bond donors (Lipinski definition) is 1. The number of fused-ring (bicyclic) bond motifs is 3. The Labute approximate surface area is 163 Å². The number of nitrogens with one attached hydrogen (secondary N) is 1. The number of nitrogens with zero attached hydrogens (tertiary/aromatic N) is 5. The number of rotatable bonds is 3. The Kier molecular flexibility index (Phi) is 4.09. The summed E-state index contributed by atoms with van der Waals surface area (Å²) in [5, 5.41) is 8.91. The van der Waals surface area contributed by atoms with Gasteiger partial charge in [-0.2, -0.15) is 4.52 Å². The zero-order chi connectivity index (χ0) is 19.1. The van der Waals surface area contributed by atoms with Gasteiger partial charge in [-0.1, -0.05) is 12.1 Å². The Morgan fingerprint density at radius 3 is 2.71 bits per heavy atom.